The molecule has 19 heavy (non-hydrogen) atoms. The molecule has 108 valence electrons. The first-order valence-electron chi connectivity index (χ1n) is 6.70. The molecule has 0 aliphatic carbocycles. The minimum absolute atomic E-state index is 0.129. The Balaban J connectivity index is 2.83. The molecule has 0 aromatic heterocycles. The second-order valence-corrected chi connectivity index (χ2v) is 5.85. The smallest absolute Gasteiger partial charge is 0.194 e. The van der Waals surface area contributed by atoms with Crippen molar-refractivity contribution in [3.8, 4) is 0 Å². The van der Waals surface area contributed by atoms with Gasteiger partial charge in [0.15, 0.2) is 17.5 Å². The topological polar surface area (TPSA) is 12.0 Å². The summed E-state index contributed by atoms with van der Waals surface area (Å²) in [5.74, 6) is -2.78. The van der Waals surface area contributed by atoms with E-state index in [0.717, 1.165) is 25.0 Å². The molecule has 1 nitrogen and oxygen atoms in total. The maximum absolute atomic E-state index is 13.2. The first kappa shape index (κ1) is 15.9. The van der Waals surface area contributed by atoms with Gasteiger partial charge in [-0.2, -0.15) is 0 Å². The average molecular weight is 273 g/mol. The Morgan fingerprint density at radius 3 is 1.68 bits per heavy atom. The molecule has 0 fully saturated rings. The maximum atomic E-state index is 13.2. The fourth-order valence-corrected chi connectivity index (χ4v) is 2.23. The van der Waals surface area contributed by atoms with Crippen LogP contribution in [0.15, 0.2) is 12.1 Å². The number of hydrogen-bond acceptors (Lipinski definition) is 1. The number of rotatable bonds is 6. The van der Waals surface area contributed by atoms with Gasteiger partial charge in [-0.25, -0.2) is 13.2 Å². The lowest BCUT2D eigenvalue weighted by atomic mass is 9.95. The van der Waals surface area contributed by atoms with Gasteiger partial charge in [-0.05, 0) is 24.7 Å². The summed E-state index contributed by atoms with van der Waals surface area (Å²) in [6.07, 6.45) is 1.80. The summed E-state index contributed by atoms with van der Waals surface area (Å²) in [5.41, 5.74) is 0.294. The highest BCUT2D eigenvalue weighted by molar-refractivity contribution is 5.45. The Morgan fingerprint density at radius 1 is 0.895 bits per heavy atom. The summed E-state index contributed by atoms with van der Waals surface area (Å²) in [6.45, 7) is 8.39. The minimum Gasteiger partial charge on any atom is -0.382 e. The lowest BCUT2D eigenvalue weighted by Crippen LogP contribution is -2.23. The van der Waals surface area contributed by atoms with Gasteiger partial charge in [0, 0.05) is 23.9 Å². The van der Waals surface area contributed by atoms with Crippen molar-refractivity contribution < 1.29 is 13.2 Å². The summed E-state index contributed by atoms with van der Waals surface area (Å²) in [6, 6.07) is 2.14. The van der Waals surface area contributed by atoms with E-state index < -0.39 is 17.5 Å². The van der Waals surface area contributed by atoms with Gasteiger partial charge in [0.1, 0.15) is 0 Å². The lowest BCUT2D eigenvalue weighted by Gasteiger charge is -2.23. The van der Waals surface area contributed by atoms with Gasteiger partial charge in [-0.1, -0.05) is 27.7 Å². The third kappa shape index (κ3) is 5.13. The summed E-state index contributed by atoms with van der Waals surface area (Å²) >= 11 is 0. The molecular weight excluding hydrogens is 251 g/mol. The highest BCUT2D eigenvalue weighted by atomic mass is 19.2. The molecule has 0 saturated heterocycles. The molecule has 0 unspecified atom stereocenters. The highest BCUT2D eigenvalue weighted by Crippen LogP contribution is 2.22. The Hall–Kier alpha value is -1.19. The van der Waals surface area contributed by atoms with E-state index in [1.807, 2.05) is 0 Å². The van der Waals surface area contributed by atoms with E-state index in [1.54, 1.807) is 0 Å². The van der Waals surface area contributed by atoms with Crippen LogP contribution in [0.2, 0.25) is 0 Å². The summed E-state index contributed by atoms with van der Waals surface area (Å²) in [5, 5.41) is 3.10. The summed E-state index contributed by atoms with van der Waals surface area (Å²) in [4.78, 5) is 0. The van der Waals surface area contributed by atoms with Gasteiger partial charge >= 0.3 is 0 Å². The van der Waals surface area contributed by atoms with E-state index in [4.69, 9.17) is 0 Å². The summed E-state index contributed by atoms with van der Waals surface area (Å²) < 4.78 is 39.2. The van der Waals surface area contributed by atoms with Gasteiger partial charge in [-0.15, -0.1) is 0 Å². The zero-order chi connectivity index (χ0) is 14.6. The summed E-state index contributed by atoms with van der Waals surface area (Å²) in [7, 11) is 0. The Kier molecular flexibility index (Phi) is 5.70. The third-order valence-electron chi connectivity index (χ3n) is 2.87. The van der Waals surface area contributed by atoms with Gasteiger partial charge in [-0.3, -0.25) is 0 Å². The van der Waals surface area contributed by atoms with E-state index in [2.05, 4.69) is 33.0 Å². The van der Waals surface area contributed by atoms with E-state index >= 15 is 0 Å². The van der Waals surface area contributed by atoms with Gasteiger partial charge in [0.05, 0.1) is 0 Å². The van der Waals surface area contributed by atoms with Gasteiger partial charge < -0.3 is 5.32 Å². The molecule has 1 N–H and O–H groups in total. The number of nitrogens with one attached hydrogen (secondary N) is 1. The van der Waals surface area contributed by atoms with Gasteiger partial charge in [0.25, 0.3) is 0 Å². The van der Waals surface area contributed by atoms with Crippen LogP contribution in [0.5, 0.6) is 0 Å². The van der Waals surface area contributed by atoms with E-state index in [9.17, 15) is 13.2 Å². The SMILES string of the molecule is CC(C)CC(CC(C)C)Nc1cc(F)c(F)c(F)c1. The largest absolute Gasteiger partial charge is 0.382 e. The standard InChI is InChI=1S/C15H22F3N/c1-9(2)5-11(6-10(3)4)19-12-7-13(16)15(18)14(17)8-12/h7-11,19H,5-6H2,1-4H3. The average Bonchev–Trinajstić information content (AvgIpc) is 2.23. The van der Waals surface area contributed by atoms with Crippen LogP contribution in [0.1, 0.15) is 40.5 Å². The zero-order valence-corrected chi connectivity index (χ0v) is 11.9. The van der Waals surface area contributed by atoms with Crippen LogP contribution in [0.4, 0.5) is 18.9 Å². The predicted molar refractivity (Wildman–Crippen MR) is 72.6 cm³/mol. The van der Waals surface area contributed by atoms with Crippen molar-refractivity contribution in [2.45, 2.75) is 46.6 Å². The molecule has 0 amide bonds. The molecule has 1 rings (SSSR count). The first-order valence-corrected chi connectivity index (χ1v) is 6.70. The molecule has 4 heteroatoms. The van der Waals surface area contributed by atoms with Crippen LogP contribution in [-0.4, -0.2) is 6.04 Å². The Bertz CT molecular complexity index is 383. The van der Waals surface area contributed by atoms with Crippen molar-refractivity contribution in [2.75, 3.05) is 5.32 Å². The van der Waals surface area contributed by atoms with Gasteiger partial charge in [0.2, 0.25) is 0 Å². The lowest BCUT2D eigenvalue weighted by molar-refractivity contribution is 0.436. The van der Waals surface area contributed by atoms with Crippen LogP contribution in [0, 0.1) is 29.3 Å². The van der Waals surface area contributed by atoms with Crippen LogP contribution in [0.3, 0.4) is 0 Å². The predicted octanol–water partition coefficient (Wildman–Crippen LogP) is 4.98. The Labute approximate surface area is 113 Å². The monoisotopic (exact) mass is 273 g/mol. The quantitative estimate of drug-likeness (QED) is 0.721. The highest BCUT2D eigenvalue weighted by Gasteiger charge is 2.16. The second-order valence-electron chi connectivity index (χ2n) is 5.85. The second kappa shape index (κ2) is 6.83. The van der Waals surface area contributed by atoms with Crippen molar-refractivity contribution in [3.05, 3.63) is 29.6 Å². The fourth-order valence-electron chi connectivity index (χ4n) is 2.23. The van der Waals surface area contributed by atoms with Crippen molar-refractivity contribution in [1.82, 2.24) is 0 Å². The van der Waals surface area contributed by atoms with E-state index in [1.165, 1.54) is 0 Å². The molecule has 0 aliphatic rings. The Morgan fingerprint density at radius 2 is 1.32 bits per heavy atom. The minimum atomic E-state index is -1.42. The molecule has 0 aliphatic heterocycles. The number of benzene rings is 1. The molecule has 0 radical (unpaired) electrons. The first-order chi connectivity index (χ1) is 8.79. The number of halogens is 3. The maximum Gasteiger partial charge on any atom is 0.194 e. The molecule has 0 heterocycles. The van der Waals surface area contributed by atoms with Crippen molar-refractivity contribution >= 4 is 5.69 Å². The molecule has 0 bridgehead atoms. The third-order valence-corrected chi connectivity index (χ3v) is 2.87. The van der Waals surface area contributed by atoms with Crippen molar-refractivity contribution in [3.63, 3.8) is 0 Å². The molecular formula is C15H22F3N. The number of anilines is 1. The molecule has 1 aromatic rings. The van der Waals surface area contributed by atoms with E-state index in [0.29, 0.717) is 17.5 Å². The van der Waals surface area contributed by atoms with Crippen molar-refractivity contribution in [1.29, 1.82) is 0 Å². The molecule has 1 aromatic carbocycles. The van der Waals surface area contributed by atoms with Crippen LogP contribution >= 0.6 is 0 Å². The normalized spacial score (nSPS) is 11.7. The van der Waals surface area contributed by atoms with Crippen LogP contribution in [0.25, 0.3) is 0 Å². The van der Waals surface area contributed by atoms with Crippen molar-refractivity contribution in [2.24, 2.45) is 11.8 Å². The van der Waals surface area contributed by atoms with Crippen LogP contribution < -0.4 is 5.32 Å². The number of hydrogen-bond donors (Lipinski definition) is 1. The molecule has 0 saturated carbocycles. The van der Waals surface area contributed by atoms with Crippen LogP contribution in [-0.2, 0) is 0 Å². The molecule has 0 atom stereocenters. The fraction of sp³-hybridized carbons (Fsp3) is 0.600. The van der Waals surface area contributed by atoms with E-state index in [-0.39, 0.29) is 6.04 Å². The zero-order valence-electron chi connectivity index (χ0n) is 11.9. The molecule has 0 spiro atoms.